The van der Waals surface area contributed by atoms with Gasteiger partial charge >= 0.3 is 5.97 Å². The molecule has 4 nitrogen and oxygen atoms in total. The highest BCUT2D eigenvalue weighted by Crippen LogP contribution is 2.30. The van der Waals surface area contributed by atoms with Crippen LogP contribution < -0.4 is 0 Å². The van der Waals surface area contributed by atoms with Gasteiger partial charge in [0.05, 0.1) is 21.3 Å². The zero-order valence-electron chi connectivity index (χ0n) is 10.4. The average Bonchev–Trinajstić information content (AvgIpc) is 2.64. The van der Waals surface area contributed by atoms with Crippen LogP contribution >= 0.6 is 27.7 Å². The molecule has 0 saturated carbocycles. The van der Waals surface area contributed by atoms with Crippen LogP contribution in [0.15, 0.2) is 21.8 Å². The molecule has 0 aliphatic carbocycles. The molecule has 1 N–H and O–H groups in total. The summed E-state index contributed by atoms with van der Waals surface area (Å²) in [6.07, 6.45) is 0. The third kappa shape index (κ3) is 2.92. The number of imidazole rings is 1. The second kappa shape index (κ2) is 5.50. The Balaban J connectivity index is 2.56. The molecule has 0 unspecified atom stereocenters. The van der Waals surface area contributed by atoms with Crippen molar-refractivity contribution in [2.75, 3.05) is 5.75 Å². The van der Waals surface area contributed by atoms with E-state index in [1.807, 2.05) is 18.4 Å². The van der Waals surface area contributed by atoms with Gasteiger partial charge in [-0.15, -0.1) is 0 Å². The number of aliphatic carboxylic acids is 1. The van der Waals surface area contributed by atoms with Gasteiger partial charge in [-0.05, 0) is 35.8 Å². The minimum atomic E-state index is -0.903. The number of aromatic nitrogens is 2. The van der Waals surface area contributed by atoms with E-state index < -0.39 is 5.97 Å². The number of hydrogen-bond donors (Lipinski definition) is 1. The highest BCUT2D eigenvalue weighted by molar-refractivity contribution is 9.10. The van der Waals surface area contributed by atoms with E-state index in [0.717, 1.165) is 11.8 Å². The molecule has 0 radical (unpaired) electrons. The second-order valence-corrected chi connectivity index (χ2v) is 6.09. The van der Waals surface area contributed by atoms with Gasteiger partial charge in [0.25, 0.3) is 0 Å². The highest BCUT2D eigenvalue weighted by atomic mass is 79.9. The molecule has 19 heavy (non-hydrogen) atoms. The van der Waals surface area contributed by atoms with Gasteiger partial charge in [0.2, 0.25) is 0 Å². The normalized spacial score (nSPS) is 11.4. The molecule has 1 aromatic heterocycles. The van der Waals surface area contributed by atoms with Gasteiger partial charge in [0.15, 0.2) is 5.16 Å². The van der Waals surface area contributed by atoms with Crippen molar-refractivity contribution in [3.05, 3.63) is 22.4 Å². The lowest BCUT2D eigenvalue weighted by Crippen LogP contribution is -2.05. The van der Waals surface area contributed by atoms with E-state index >= 15 is 0 Å². The first-order valence-corrected chi connectivity index (χ1v) is 7.39. The Morgan fingerprint density at radius 2 is 2.26 bits per heavy atom. The first-order chi connectivity index (χ1) is 8.90. The van der Waals surface area contributed by atoms with Crippen molar-refractivity contribution in [1.29, 1.82) is 0 Å². The quantitative estimate of drug-likeness (QED) is 0.857. The van der Waals surface area contributed by atoms with Crippen molar-refractivity contribution in [1.82, 2.24) is 9.55 Å². The zero-order chi connectivity index (χ0) is 14.2. The Morgan fingerprint density at radius 1 is 1.58 bits per heavy atom. The predicted molar refractivity (Wildman–Crippen MR) is 76.1 cm³/mol. The molecule has 0 bridgehead atoms. The topological polar surface area (TPSA) is 55.1 Å². The summed E-state index contributed by atoms with van der Waals surface area (Å²) >= 11 is 4.26. The van der Waals surface area contributed by atoms with E-state index in [4.69, 9.17) is 5.11 Å². The fraction of sp³-hybridized carbons (Fsp3) is 0.333. The maximum atomic E-state index is 13.6. The lowest BCUT2D eigenvalue weighted by Gasteiger charge is -2.12. The van der Waals surface area contributed by atoms with Crippen molar-refractivity contribution in [3.63, 3.8) is 0 Å². The predicted octanol–water partition coefficient (Wildman–Crippen LogP) is 3.70. The Kier molecular flexibility index (Phi) is 4.15. The summed E-state index contributed by atoms with van der Waals surface area (Å²) < 4.78 is 15.8. The Morgan fingerprint density at radius 3 is 2.84 bits per heavy atom. The van der Waals surface area contributed by atoms with Crippen molar-refractivity contribution in [2.24, 2.45) is 0 Å². The number of nitrogens with zero attached hydrogens (tertiary/aromatic N) is 2. The summed E-state index contributed by atoms with van der Waals surface area (Å²) in [4.78, 5) is 15.0. The van der Waals surface area contributed by atoms with E-state index in [0.29, 0.717) is 20.7 Å². The number of thioether (sulfide) groups is 1. The number of fused-ring (bicyclic) bond motifs is 1. The van der Waals surface area contributed by atoms with Gasteiger partial charge in [-0.2, -0.15) is 0 Å². The molecule has 0 fully saturated rings. The van der Waals surface area contributed by atoms with Crippen molar-refractivity contribution >= 4 is 44.7 Å². The summed E-state index contributed by atoms with van der Waals surface area (Å²) in [6, 6.07) is 3.09. The maximum Gasteiger partial charge on any atom is 0.313 e. The first-order valence-electron chi connectivity index (χ1n) is 5.61. The van der Waals surface area contributed by atoms with Gasteiger partial charge in [0.1, 0.15) is 5.82 Å². The van der Waals surface area contributed by atoms with Crippen LogP contribution in [0.25, 0.3) is 11.0 Å². The minimum Gasteiger partial charge on any atom is -0.481 e. The fourth-order valence-corrected chi connectivity index (χ4v) is 2.99. The minimum absolute atomic E-state index is 0.0697. The van der Waals surface area contributed by atoms with Crippen LogP contribution in [0.3, 0.4) is 0 Å². The number of rotatable bonds is 4. The molecule has 1 aromatic carbocycles. The van der Waals surface area contributed by atoms with Crippen molar-refractivity contribution in [3.8, 4) is 0 Å². The molecule has 0 spiro atoms. The van der Waals surface area contributed by atoms with E-state index in [2.05, 4.69) is 20.9 Å². The number of carboxylic acids is 1. The van der Waals surface area contributed by atoms with Gasteiger partial charge in [0, 0.05) is 12.1 Å². The smallest absolute Gasteiger partial charge is 0.313 e. The molecular weight excluding hydrogens is 335 g/mol. The van der Waals surface area contributed by atoms with Crippen LogP contribution in [0.5, 0.6) is 0 Å². The monoisotopic (exact) mass is 346 g/mol. The Bertz CT molecular complexity index is 642. The summed E-state index contributed by atoms with van der Waals surface area (Å²) in [5, 5.41) is 9.33. The average molecular weight is 347 g/mol. The molecule has 1 heterocycles. The molecule has 0 saturated heterocycles. The van der Waals surface area contributed by atoms with Crippen LogP contribution in [0, 0.1) is 5.82 Å². The number of benzene rings is 1. The van der Waals surface area contributed by atoms with Crippen LogP contribution in [0.1, 0.15) is 19.9 Å². The lowest BCUT2D eigenvalue weighted by molar-refractivity contribution is -0.133. The first kappa shape index (κ1) is 14.3. The number of carboxylic acid groups (broad SMARTS) is 1. The van der Waals surface area contributed by atoms with Gasteiger partial charge < -0.3 is 9.67 Å². The lowest BCUT2D eigenvalue weighted by atomic mass is 10.3. The van der Waals surface area contributed by atoms with Gasteiger partial charge in [-0.1, -0.05) is 11.8 Å². The summed E-state index contributed by atoms with van der Waals surface area (Å²) in [6.45, 7) is 3.90. The van der Waals surface area contributed by atoms with Gasteiger partial charge in [-0.25, -0.2) is 9.37 Å². The largest absolute Gasteiger partial charge is 0.481 e. The molecule has 0 amide bonds. The van der Waals surface area contributed by atoms with Crippen LogP contribution in [0.2, 0.25) is 0 Å². The molecule has 2 rings (SSSR count). The van der Waals surface area contributed by atoms with E-state index in [1.165, 1.54) is 6.07 Å². The third-order valence-corrected chi connectivity index (χ3v) is 4.09. The summed E-state index contributed by atoms with van der Waals surface area (Å²) in [7, 11) is 0. The van der Waals surface area contributed by atoms with E-state index in [1.54, 1.807) is 6.07 Å². The van der Waals surface area contributed by atoms with Crippen LogP contribution in [-0.4, -0.2) is 26.4 Å². The summed E-state index contributed by atoms with van der Waals surface area (Å²) in [5.74, 6) is -1.33. The Labute approximate surface area is 122 Å². The number of carbonyl (C=O) groups is 1. The molecule has 0 atom stereocenters. The molecule has 0 aliphatic heterocycles. The third-order valence-electron chi connectivity index (χ3n) is 2.54. The Hall–Kier alpha value is -1.08. The van der Waals surface area contributed by atoms with Crippen LogP contribution in [-0.2, 0) is 4.79 Å². The number of halogens is 2. The molecule has 7 heteroatoms. The molecule has 102 valence electrons. The SMILES string of the molecule is CC(C)n1c(SCC(=O)O)nc2cc(Br)c(F)cc21. The van der Waals surface area contributed by atoms with E-state index in [-0.39, 0.29) is 17.6 Å². The van der Waals surface area contributed by atoms with Crippen molar-refractivity contribution in [2.45, 2.75) is 25.0 Å². The maximum absolute atomic E-state index is 13.6. The highest BCUT2D eigenvalue weighted by Gasteiger charge is 2.16. The summed E-state index contributed by atoms with van der Waals surface area (Å²) in [5.41, 5.74) is 1.32. The van der Waals surface area contributed by atoms with Crippen molar-refractivity contribution < 1.29 is 14.3 Å². The molecular formula is C12H12BrFN2O2S. The molecule has 2 aromatic rings. The fourth-order valence-electron chi connectivity index (χ4n) is 1.80. The second-order valence-electron chi connectivity index (χ2n) is 4.30. The van der Waals surface area contributed by atoms with Gasteiger partial charge in [-0.3, -0.25) is 4.79 Å². The molecule has 0 aliphatic rings. The standard InChI is InChI=1S/C12H12BrFN2O2S/c1-6(2)16-10-4-8(14)7(13)3-9(10)15-12(16)19-5-11(17)18/h3-4,6H,5H2,1-2H3,(H,17,18). The number of hydrogen-bond acceptors (Lipinski definition) is 3. The van der Waals surface area contributed by atoms with E-state index in [9.17, 15) is 9.18 Å². The zero-order valence-corrected chi connectivity index (χ0v) is 12.8. The van der Waals surface area contributed by atoms with Crippen LogP contribution in [0.4, 0.5) is 4.39 Å².